The highest BCUT2D eigenvalue weighted by atomic mass is 35.5. The number of nitrogens with zero attached hydrogens (tertiary/aromatic N) is 1. The van der Waals surface area contributed by atoms with Gasteiger partial charge in [-0.1, -0.05) is 36.6 Å². The van der Waals surface area contributed by atoms with Crippen molar-refractivity contribution < 1.29 is 4.79 Å². The lowest BCUT2D eigenvalue weighted by molar-refractivity contribution is -0.140. The summed E-state index contributed by atoms with van der Waals surface area (Å²) in [6.45, 7) is 0. The first-order chi connectivity index (χ1) is 9.66. The first-order valence-electron chi connectivity index (χ1n) is 7.49. The Morgan fingerprint density at radius 1 is 1.20 bits per heavy atom. The Balaban J connectivity index is 1.95. The second-order valence-corrected chi connectivity index (χ2v) is 6.38. The molecule has 1 saturated heterocycles. The van der Waals surface area contributed by atoms with E-state index in [4.69, 9.17) is 17.3 Å². The van der Waals surface area contributed by atoms with E-state index in [1.807, 2.05) is 24.3 Å². The zero-order valence-electron chi connectivity index (χ0n) is 11.6. The Morgan fingerprint density at radius 3 is 2.65 bits per heavy atom. The van der Waals surface area contributed by atoms with Crippen LogP contribution in [0.2, 0.25) is 5.02 Å². The number of hydrogen-bond acceptors (Lipinski definition) is 2. The first-order valence-corrected chi connectivity index (χ1v) is 7.87. The average Bonchev–Trinajstić information content (AvgIpc) is 2.94. The first kappa shape index (κ1) is 13.9. The van der Waals surface area contributed by atoms with Crippen molar-refractivity contribution in [2.45, 2.75) is 56.7 Å². The Morgan fingerprint density at radius 2 is 1.95 bits per heavy atom. The maximum absolute atomic E-state index is 12.4. The van der Waals surface area contributed by atoms with Crippen molar-refractivity contribution in [2.24, 2.45) is 5.73 Å². The van der Waals surface area contributed by atoms with Gasteiger partial charge in [-0.3, -0.25) is 4.79 Å². The number of halogens is 1. The third-order valence-electron chi connectivity index (χ3n) is 4.59. The molecule has 3 nitrogen and oxygen atoms in total. The van der Waals surface area contributed by atoms with Gasteiger partial charge in [0.1, 0.15) is 0 Å². The number of carbonyl (C=O) groups excluding carboxylic acids is 1. The van der Waals surface area contributed by atoms with Gasteiger partial charge in [0, 0.05) is 23.5 Å². The minimum atomic E-state index is -0.0157. The molecule has 1 aliphatic heterocycles. The molecule has 1 aliphatic carbocycles. The van der Waals surface area contributed by atoms with Crippen LogP contribution in [0.5, 0.6) is 0 Å². The van der Waals surface area contributed by atoms with Gasteiger partial charge in [0.05, 0.1) is 6.04 Å². The fourth-order valence-corrected chi connectivity index (χ4v) is 3.85. The van der Waals surface area contributed by atoms with E-state index >= 15 is 0 Å². The summed E-state index contributed by atoms with van der Waals surface area (Å²) >= 11 is 6.11. The molecule has 0 bridgehead atoms. The molecular weight excluding hydrogens is 272 g/mol. The van der Waals surface area contributed by atoms with Crippen LogP contribution in [0.15, 0.2) is 24.3 Å². The molecule has 2 unspecified atom stereocenters. The number of carbonyl (C=O) groups is 1. The van der Waals surface area contributed by atoms with Crippen LogP contribution in [0.25, 0.3) is 0 Å². The van der Waals surface area contributed by atoms with Crippen molar-refractivity contribution in [2.75, 3.05) is 0 Å². The molecule has 1 heterocycles. The number of nitrogens with two attached hydrogens (primary N) is 1. The van der Waals surface area contributed by atoms with Gasteiger partial charge in [-0.25, -0.2) is 0 Å². The highest BCUT2D eigenvalue weighted by Crippen LogP contribution is 2.37. The molecule has 1 saturated carbocycles. The molecule has 2 aliphatic rings. The third kappa shape index (κ3) is 2.57. The Kier molecular flexibility index (Phi) is 3.99. The van der Waals surface area contributed by atoms with Gasteiger partial charge in [0.2, 0.25) is 5.91 Å². The molecule has 108 valence electrons. The summed E-state index contributed by atoms with van der Waals surface area (Å²) in [5, 5.41) is 0.707. The molecule has 1 aromatic rings. The van der Waals surface area contributed by atoms with E-state index in [-0.39, 0.29) is 18.0 Å². The van der Waals surface area contributed by atoms with Crippen LogP contribution in [0.3, 0.4) is 0 Å². The minimum absolute atomic E-state index is 0.00627. The quantitative estimate of drug-likeness (QED) is 0.909. The topological polar surface area (TPSA) is 46.3 Å². The van der Waals surface area contributed by atoms with Crippen LogP contribution >= 0.6 is 11.6 Å². The molecule has 2 atom stereocenters. The van der Waals surface area contributed by atoms with Crippen LogP contribution in [0.4, 0.5) is 0 Å². The number of likely N-dealkylation sites (tertiary alicyclic amines) is 1. The van der Waals surface area contributed by atoms with Crippen LogP contribution in [-0.4, -0.2) is 22.9 Å². The van der Waals surface area contributed by atoms with Gasteiger partial charge >= 0.3 is 0 Å². The number of rotatable bonds is 2. The van der Waals surface area contributed by atoms with E-state index in [1.54, 1.807) is 0 Å². The monoisotopic (exact) mass is 292 g/mol. The summed E-state index contributed by atoms with van der Waals surface area (Å²) in [6, 6.07) is 8.14. The standard InChI is InChI=1S/C16H21ClN2O/c17-12-5-3-4-11(10-12)16-14(18)8-9-15(20)19(16)13-6-1-2-7-13/h3-5,10,13-14,16H,1-2,6-9,18H2. The smallest absolute Gasteiger partial charge is 0.223 e. The van der Waals surface area contributed by atoms with Crippen LogP contribution in [0, 0.1) is 0 Å². The van der Waals surface area contributed by atoms with Crippen molar-refractivity contribution in [3.8, 4) is 0 Å². The SMILES string of the molecule is NC1CCC(=O)N(C2CCCC2)C1c1cccc(Cl)c1. The summed E-state index contributed by atoms with van der Waals surface area (Å²) in [6.07, 6.45) is 5.98. The summed E-state index contributed by atoms with van der Waals surface area (Å²) < 4.78 is 0. The third-order valence-corrected chi connectivity index (χ3v) is 4.83. The largest absolute Gasteiger partial charge is 0.331 e. The highest BCUT2D eigenvalue weighted by Gasteiger charge is 2.39. The van der Waals surface area contributed by atoms with Gasteiger partial charge in [-0.05, 0) is 37.0 Å². The van der Waals surface area contributed by atoms with E-state index in [0.717, 1.165) is 24.8 Å². The lowest BCUT2D eigenvalue weighted by Crippen LogP contribution is -2.52. The minimum Gasteiger partial charge on any atom is -0.331 e. The Labute approximate surface area is 125 Å². The van der Waals surface area contributed by atoms with Gasteiger partial charge in [-0.15, -0.1) is 0 Å². The maximum Gasteiger partial charge on any atom is 0.223 e. The summed E-state index contributed by atoms with van der Waals surface area (Å²) in [7, 11) is 0. The fraction of sp³-hybridized carbons (Fsp3) is 0.562. The summed E-state index contributed by atoms with van der Waals surface area (Å²) in [5.41, 5.74) is 7.42. The van der Waals surface area contributed by atoms with Gasteiger partial charge in [-0.2, -0.15) is 0 Å². The lowest BCUT2D eigenvalue weighted by atomic mass is 9.89. The van der Waals surface area contributed by atoms with E-state index in [0.29, 0.717) is 17.5 Å². The van der Waals surface area contributed by atoms with E-state index in [2.05, 4.69) is 4.90 Å². The van der Waals surface area contributed by atoms with Crippen LogP contribution in [0.1, 0.15) is 50.1 Å². The molecule has 0 aromatic heterocycles. The van der Waals surface area contributed by atoms with Crippen LogP contribution < -0.4 is 5.73 Å². The van der Waals surface area contributed by atoms with Gasteiger partial charge < -0.3 is 10.6 Å². The molecule has 0 radical (unpaired) electrons. The molecule has 20 heavy (non-hydrogen) atoms. The maximum atomic E-state index is 12.4. The van der Waals surface area contributed by atoms with Gasteiger partial charge in [0.25, 0.3) is 0 Å². The second-order valence-electron chi connectivity index (χ2n) is 5.94. The van der Waals surface area contributed by atoms with E-state index < -0.39 is 0 Å². The summed E-state index contributed by atoms with van der Waals surface area (Å²) in [5.74, 6) is 0.253. The van der Waals surface area contributed by atoms with E-state index in [1.165, 1.54) is 12.8 Å². The number of benzene rings is 1. The molecule has 4 heteroatoms. The van der Waals surface area contributed by atoms with Crippen LogP contribution in [-0.2, 0) is 4.79 Å². The predicted octanol–water partition coefficient (Wildman–Crippen LogP) is 3.27. The Hall–Kier alpha value is -1.06. The average molecular weight is 293 g/mol. The predicted molar refractivity (Wildman–Crippen MR) is 80.5 cm³/mol. The summed E-state index contributed by atoms with van der Waals surface area (Å²) in [4.78, 5) is 14.5. The normalized spacial score (nSPS) is 28.1. The highest BCUT2D eigenvalue weighted by molar-refractivity contribution is 6.30. The van der Waals surface area contributed by atoms with Crippen molar-refractivity contribution in [3.63, 3.8) is 0 Å². The second kappa shape index (κ2) is 5.74. The van der Waals surface area contributed by atoms with Gasteiger partial charge in [0.15, 0.2) is 0 Å². The van der Waals surface area contributed by atoms with Crippen molar-refractivity contribution >= 4 is 17.5 Å². The van der Waals surface area contributed by atoms with Crippen molar-refractivity contribution in [1.29, 1.82) is 0 Å². The molecular formula is C16H21ClN2O. The molecule has 2 fully saturated rings. The zero-order chi connectivity index (χ0) is 14.1. The molecule has 3 rings (SSSR count). The molecule has 2 N–H and O–H groups in total. The Bertz CT molecular complexity index is 499. The zero-order valence-corrected chi connectivity index (χ0v) is 12.4. The molecule has 1 aromatic carbocycles. The van der Waals surface area contributed by atoms with Crippen molar-refractivity contribution in [3.05, 3.63) is 34.9 Å². The number of hydrogen-bond donors (Lipinski definition) is 1. The number of piperidine rings is 1. The lowest BCUT2D eigenvalue weighted by Gasteiger charge is -2.43. The van der Waals surface area contributed by atoms with E-state index in [9.17, 15) is 4.79 Å². The number of amides is 1. The molecule has 1 amide bonds. The fourth-order valence-electron chi connectivity index (χ4n) is 3.65. The molecule has 0 spiro atoms. The van der Waals surface area contributed by atoms with Crippen molar-refractivity contribution in [1.82, 2.24) is 4.90 Å².